The first-order valence-electron chi connectivity index (χ1n) is 5.25. The minimum atomic E-state index is 0.283. The Morgan fingerprint density at radius 3 is 2.47 bits per heavy atom. The highest BCUT2D eigenvalue weighted by Gasteiger charge is 1.96. The number of aromatic hydroxyl groups is 1. The zero-order valence-corrected chi connectivity index (χ0v) is 9.85. The molecule has 0 aliphatic heterocycles. The average molecular weight is 250 g/mol. The van der Waals surface area contributed by atoms with Crippen LogP contribution >= 0.6 is 11.6 Å². The zero-order chi connectivity index (χ0) is 12.1. The van der Waals surface area contributed by atoms with E-state index in [4.69, 9.17) is 16.7 Å². The van der Waals surface area contributed by atoms with Crippen LogP contribution in [0.15, 0.2) is 36.4 Å². The third-order valence-electron chi connectivity index (χ3n) is 2.29. The van der Waals surface area contributed by atoms with Crippen molar-refractivity contribution in [3.05, 3.63) is 47.1 Å². The molecule has 0 fully saturated rings. The molecular formula is C12H12ClN3O. The van der Waals surface area contributed by atoms with Crippen LogP contribution in [-0.4, -0.2) is 21.8 Å². The van der Waals surface area contributed by atoms with E-state index in [9.17, 15) is 0 Å². The third kappa shape index (κ3) is 3.60. The van der Waals surface area contributed by atoms with Crippen LogP contribution in [0.25, 0.3) is 0 Å². The molecule has 2 aromatic rings. The fourth-order valence-corrected chi connectivity index (χ4v) is 1.51. The van der Waals surface area contributed by atoms with Crippen LogP contribution < -0.4 is 5.32 Å². The highest BCUT2D eigenvalue weighted by atomic mass is 35.5. The van der Waals surface area contributed by atoms with Gasteiger partial charge in [-0.1, -0.05) is 23.7 Å². The summed E-state index contributed by atoms with van der Waals surface area (Å²) in [6, 6.07) is 10.6. The number of rotatable bonds is 4. The summed E-state index contributed by atoms with van der Waals surface area (Å²) in [7, 11) is 0. The van der Waals surface area contributed by atoms with Crippen molar-refractivity contribution in [2.24, 2.45) is 0 Å². The Hall–Kier alpha value is -1.81. The second kappa shape index (κ2) is 5.50. The van der Waals surface area contributed by atoms with Gasteiger partial charge in [-0.25, -0.2) is 0 Å². The third-order valence-corrected chi connectivity index (χ3v) is 2.49. The van der Waals surface area contributed by atoms with Gasteiger partial charge in [0.05, 0.1) is 0 Å². The second-order valence-electron chi connectivity index (χ2n) is 3.58. The molecule has 0 aliphatic rings. The van der Waals surface area contributed by atoms with E-state index in [2.05, 4.69) is 15.5 Å². The maximum Gasteiger partial charge on any atom is 0.151 e. The van der Waals surface area contributed by atoms with Crippen molar-refractivity contribution in [2.75, 3.05) is 11.9 Å². The van der Waals surface area contributed by atoms with E-state index < -0.39 is 0 Å². The molecule has 0 radical (unpaired) electrons. The first kappa shape index (κ1) is 11.7. The lowest BCUT2D eigenvalue weighted by Crippen LogP contribution is -2.06. The average Bonchev–Trinajstić information content (AvgIpc) is 2.34. The first-order valence-corrected chi connectivity index (χ1v) is 5.63. The Kier molecular flexibility index (Phi) is 3.77. The van der Waals surface area contributed by atoms with Gasteiger partial charge in [-0.05, 0) is 36.2 Å². The van der Waals surface area contributed by atoms with E-state index in [1.165, 1.54) is 0 Å². The summed E-state index contributed by atoms with van der Waals surface area (Å²) < 4.78 is 0. The molecule has 88 valence electrons. The molecule has 0 aliphatic carbocycles. The number of hydrogen-bond donors (Lipinski definition) is 2. The van der Waals surface area contributed by atoms with Crippen molar-refractivity contribution in [1.82, 2.24) is 10.2 Å². The smallest absolute Gasteiger partial charge is 0.151 e. The van der Waals surface area contributed by atoms with Gasteiger partial charge >= 0.3 is 0 Å². The number of halogens is 1. The molecular weight excluding hydrogens is 238 g/mol. The van der Waals surface area contributed by atoms with Gasteiger partial charge in [-0.2, -0.15) is 0 Å². The van der Waals surface area contributed by atoms with Crippen LogP contribution in [0.5, 0.6) is 5.75 Å². The van der Waals surface area contributed by atoms with Gasteiger partial charge in [0.2, 0.25) is 0 Å². The molecule has 1 heterocycles. The summed E-state index contributed by atoms with van der Waals surface area (Å²) in [6.07, 6.45) is 0.852. The van der Waals surface area contributed by atoms with Crippen LogP contribution in [0.1, 0.15) is 5.56 Å². The van der Waals surface area contributed by atoms with E-state index >= 15 is 0 Å². The monoisotopic (exact) mass is 249 g/mol. The van der Waals surface area contributed by atoms with Crippen molar-refractivity contribution in [2.45, 2.75) is 6.42 Å². The Bertz CT molecular complexity index is 425. The molecule has 5 heteroatoms. The number of nitrogens with one attached hydrogen (secondary N) is 1. The summed E-state index contributed by atoms with van der Waals surface area (Å²) in [5, 5.41) is 20.3. The zero-order valence-electron chi connectivity index (χ0n) is 9.10. The minimum Gasteiger partial charge on any atom is -0.508 e. The van der Waals surface area contributed by atoms with Crippen LogP contribution in [-0.2, 0) is 6.42 Å². The fraction of sp³-hybridized carbons (Fsp3) is 0.167. The Labute approximate surface area is 104 Å². The van der Waals surface area contributed by atoms with E-state index in [1.54, 1.807) is 24.3 Å². The summed E-state index contributed by atoms with van der Waals surface area (Å²) in [5.74, 6) is 0.985. The van der Waals surface area contributed by atoms with Gasteiger partial charge in [0.15, 0.2) is 5.15 Å². The highest BCUT2D eigenvalue weighted by Crippen LogP contribution is 2.10. The number of hydrogen-bond acceptors (Lipinski definition) is 4. The lowest BCUT2D eigenvalue weighted by Gasteiger charge is -2.04. The molecule has 2 N–H and O–H groups in total. The van der Waals surface area contributed by atoms with Gasteiger partial charge in [0.1, 0.15) is 11.6 Å². The Morgan fingerprint density at radius 1 is 1.06 bits per heavy atom. The number of phenolic OH excluding ortho intramolecular Hbond substituents is 1. The molecule has 17 heavy (non-hydrogen) atoms. The van der Waals surface area contributed by atoms with Crippen LogP contribution in [0.3, 0.4) is 0 Å². The largest absolute Gasteiger partial charge is 0.508 e. The van der Waals surface area contributed by atoms with Gasteiger partial charge in [-0.15, -0.1) is 10.2 Å². The number of phenols is 1. The first-order chi connectivity index (χ1) is 8.24. The second-order valence-corrected chi connectivity index (χ2v) is 3.97. The highest BCUT2D eigenvalue weighted by molar-refractivity contribution is 6.29. The van der Waals surface area contributed by atoms with E-state index in [1.807, 2.05) is 12.1 Å². The molecule has 2 rings (SSSR count). The lowest BCUT2D eigenvalue weighted by molar-refractivity contribution is 0.475. The van der Waals surface area contributed by atoms with Crippen molar-refractivity contribution in [3.8, 4) is 5.75 Å². The summed E-state index contributed by atoms with van der Waals surface area (Å²) >= 11 is 5.63. The normalized spacial score (nSPS) is 10.2. The molecule has 0 spiro atoms. The molecule has 0 atom stereocenters. The summed E-state index contributed by atoms with van der Waals surface area (Å²) in [6.45, 7) is 0.751. The van der Waals surface area contributed by atoms with E-state index in [0.29, 0.717) is 11.0 Å². The Balaban J connectivity index is 1.83. The van der Waals surface area contributed by atoms with E-state index in [-0.39, 0.29) is 5.75 Å². The molecule has 0 bridgehead atoms. The van der Waals surface area contributed by atoms with Crippen LogP contribution in [0, 0.1) is 0 Å². The fourth-order valence-electron chi connectivity index (χ4n) is 1.41. The molecule has 4 nitrogen and oxygen atoms in total. The summed E-state index contributed by atoms with van der Waals surface area (Å²) in [4.78, 5) is 0. The van der Waals surface area contributed by atoms with Crippen molar-refractivity contribution in [1.29, 1.82) is 0 Å². The standard InChI is InChI=1S/C12H12ClN3O/c13-11-5-6-12(16-15-11)14-8-7-9-1-3-10(17)4-2-9/h1-6,17H,7-8H2,(H,14,16). The maximum atomic E-state index is 9.14. The predicted molar refractivity (Wildman–Crippen MR) is 67.3 cm³/mol. The van der Waals surface area contributed by atoms with Crippen molar-refractivity contribution >= 4 is 17.4 Å². The SMILES string of the molecule is Oc1ccc(CCNc2ccc(Cl)nn2)cc1. The quantitative estimate of drug-likeness (QED) is 0.874. The number of aromatic nitrogens is 2. The minimum absolute atomic E-state index is 0.283. The summed E-state index contributed by atoms with van der Waals surface area (Å²) in [5.41, 5.74) is 1.15. The molecule has 0 amide bonds. The van der Waals surface area contributed by atoms with Gasteiger partial charge in [0, 0.05) is 6.54 Å². The molecule has 0 saturated heterocycles. The predicted octanol–water partition coefficient (Wildman–Crippen LogP) is 2.49. The molecule has 1 aromatic heterocycles. The van der Waals surface area contributed by atoms with Crippen LogP contribution in [0.2, 0.25) is 5.15 Å². The van der Waals surface area contributed by atoms with Crippen molar-refractivity contribution < 1.29 is 5.11 Å². The van der Waals surface area contributed by atoms with Crippen molar-refractivity contribution in [3.63, 3.8) is 0 Å². The number of anilines is 1. The number of nitrogens with zero attached hydrogens (tertiary/aromatic N) is 2. The van der Waals surface area contributed by atoms with Gasteiger partial charge in [0.25, 0.3) is 0 Å². The molecule has 0 unspecified atom stereocenters. The maximum absolute atomic E-state index is 9.14. The molecule has 0 saturated carbocycles. The van der Waals surface area contributed by atoms with Crippen LogP contribution in [0.4, 0.5) is 5.82 Å². The molecule has 1 aromatic carbocycles. The Morgan fingerprint density at radius 2 is 1.82 bits per heavy atom. The van der Waals surface area contributed by atoms with Gasteiger partial charge < -0.3 is 10.4 Å². The van der Waals surface area contributed by atoms with E-state index in [0.717, 1.165) is 18.5 Å². The lowest BCUT2D eigenvalue weighted by atomic mass is 10.1. The van der Waals surface area contributed by atoms with Gasteiger partial charge in [-0.3, -0.25) is 0 Å². The topological polar surface area (TPSA) is 58.0 Å². The number of benzene rings is 1.